The minimum Gasteiger partial charge on any atom is -0.384 e. The molecule has 20 heavy (non-hydrogen) atoms. The van der Waals surface area contributed by atoms with Gasteiger partial charge in [0.05, 0.1) is 6.54 Å². The highest BCUT2D eigenvalue weighted by Crippen LogP contribution is 2.34. The Hall–Kier alpha value is -2.11. The van der Waals surface area contributed by atoms with Crippen LogP contribution >= 0.6 is 0 Å². The van der Waals surface area contributed by atoms with Crippen LogP contribution < -0.4 is 11.1 Å². The maximum atomic E-state index is 12.6. The number of hydrogen-bond donors (Lipinski definition) is 2. The summed E-state index contributed by atoms with van der Waals surface area (Å²) in [7, 11) is 0. The number of amides is 3. The predicted octanol–water partition coefficient (Wildman–Crippen LogP) is 1.42. The van der Waals surface area contributed by atoms with Gasteiger partial charge < -0.3 is 11.1 Å². The van der Waals surface area contributed by atoms with Crippen LogP contribution in [0.3, 0.4) is 0 Å². The van der Waals surface area contributed by atoms with E-state index in [0.29, 0.717) is 5.82 Å². The summed E-state index contributed by atoms with van der Waals surface area (Å²) < 4.78 is 0. The van der Waals surface area contributed by atoms with Gasteiger partial charge in [-0.2, -0.15) is 0 Å². The highest BCUT2D eigenvalue weighted by atomic mass is 16.2. The summed E-state index contributed by atoms with van der Waals surface area (Å²) in [5.74, 6) is 0.328. The quantitative estimate of drug-likeness (QED) is 0.798. The fourth-order valence-electron chi connectivity index (χ4n) is 3.03. The fourth-order valence-corrected chi connectivity index (χ4v) is 3.03. The molecular weight excluding hydrogens is 256 g/mol. The van der Waals surface area contributed by atoms with Crippen LogP contribution in [0, 0.1) is 0 Å². The van der Waals surface area contributed by atoms with Gasteiger partial charge in [-0.15, -0.1) is 0 Å². The number of rotatable bonds is 2. The van der Waals surface area contributed by atoms with Crippen LogP contribution in [0.1, 0.15) is 37.7 Å². The van der Waals surface area contributed by atoms with E-state index in [4.69, 9.17) is 5.73 Å². The molecule has 0 unspecified atom stereocenters. The molecule has 3 N–H and O–H groups in total. The van der Waals surface area contributed by atoms with Gasteiger partial charge in [0.2, 0.25) is 0 Å². The van der Waals surface area contributed by atoms with Crippen LogP contribution in [-0.2, 0) is 11.3 Å². The number of carbonyl (C=O) groups is 2. The van der Waals surface area contributed by atoms with Gasteiger partial charge in [-0.05, 0) is 24.5 Å². The third-order valence-corrected chi connectivity index (χ3v) is 4.14. The van der Waals surface area contributed by atoms with Crippen LogP contribution in [0.15, 0.2) is 18.3 Å². The number of hydrogen-bond acceptors (Lipinski definition) is 4. The Bertz CT molecular complexity index is 535. The summed E-state index contributed by atoms with van der Waals surface area (Å²) in [5, 5.41) is 2.89. The zero-order valence-corrected chi connectivity index (χ0v) is 11.3. The lowest BCUT2D eigenvalue weighted by atomic mass is 9.82. The Morgan fingerprint density at radius 2 is 2.00 bits per heavy atom. The van der Waals surface area contributed by atoms with Crippen molar-refractivity contribution < 1.29 is 9.59 Å². The second-order valence-electron chi connectivity index (χ2n) is 5.56. The molecule has 1 saturated heterocycles. The molecule has 106 valence electrons. The van der Waals surface area contributed by atoms with Crippen molar-refractivity contribution in [2.75, 3.05) is 5.73 Å². The zero-order valence-electron chi connectivity index (χ0n) is 11.3. The third kappa shape index (κ3) is 2.11. The second-order valence-corrected chi connectivity index (χ2v) is 5.56. The summed E-state index contributed by atoms with van der Waals surface area (Å²) >= 11 is 0. The molecule has 3 rings (SSSR count). The van der Waals surface area contributed by atoms with E-state index < -0.39 is 5.54 Å². The summed E-state index contributed by atoms with van der Waals surface area (Å²) in [6, 6.07) is 3.16. The first-order chi connectivity index (χ1) is 9.61. The van der Waals surface area contributed by atoms with Gasteiger partial charge in [0.15, 0.2) is 0 Å². The molecule has 0 atom stereocenters. The van der Waals surface area contributed by atoms with E-state index in [2.05, 4.69) is 10.3 Å². The highest BCUT2D eigenvalue weighted by molar-refractivity contribution is 6.07. The van der Waals surface area contributed by atoms with Gasteiger partial charge in [-0.25, -0.2) is 9.78 Å². The van der Waals surface area contributed by atoms with Crippen molar-refractivity contribution in [1.29, 1.82) is 0 Å². The van der Waals surface area contributed by atoms with E-state index in [0.717, 1.165) is 37.7 Å². The van der Waals surface area contributed by atoms with Crippen molar-refractivity contribution in [1.82, 2.24) is 15.2 Å². The maximum absolute atomic E-state index is 12.6. The second kappa shape index (κ2) is 4.77. The Labute approximate surface area is 117 Å². The molecule has 0 bridgehead atoms. The number of pyridine rings is 1. The standard InChI is InChI=1S/C14H18N4O2/c15-11-5-4-10(8-16-11)9-18-12(19)14(17-13(18)20)6-2-1-3-7-14/h4-5,8H,1-3,6-7,9H2,(H2,15,16)(H,17,20). The van der Waals surface area contributed by atoms with E-state index in [1.807, 2.05) is 0 Å². The number of imide groups is 1. The molecule has 6 nitrogen and oxygen atoms in total. The summed E-state index contributed by atoms with van der Waals surface area (Å²) in [6.07, 6.45) is 6.20. The monoisotopic (exact) mass is 274 g/mol. The van der Waals surface area contributed by atoms with Crippen molar-refractivity contribution in [3.05, 3.63) is 23.9 Å². The molecule has 1 aliphatic heterocycles. The summed E-state index contributed by atoms with van der Waals surface area (Å²) in [4.78, 5) is 29.9. The van der Waals surface area contributed by atoms with Gasteiger partial charge in [0.25, 0.3) is 5.91 Å². The fraction of sp³-hybridized carbons (Fsp3) is 0.500. The molecule has 6 heteroatoms. The molecule has 2 aliphatic rings. The smallest absolute Gasteiger partial charge is 0.325 e. The van der Waals surface area contributed by atoms with Crippen molar-refractivity contribution in [3.63, 3.8) is 0 Å². The number of urea groups is 1. The Morgan fingerprint density at radius 3 is 2.65 bits per heavy atom. The Kier molecular flexibility index (Phi) is 3.08. The van der Waals surface area contributed by atoms with Crippen molar-refractivity contribution in [2.45, 2.75) is 44.2 Å². The predicted molar refractivity (Wildman–Crippen MR) is 73.5 cm³/mol. The minimum absolute atomic E-state index is 0.0981. The van der Waals surface area contributed by atoms with Crippen LogP contribution in [0.5, 0.6) is 0 Å². The Balaban J connectivity index is 1.78. The number of nitrogens with two attached hydrogens (primary N) is 1. The first-order valence-electron chi connectivity index (χ1n) is 6.95. The average molecular weight is 274 g/mol. The summed E-state index contributed by atoms with van der Waals surface area (Å²) in [5.41, 5.74) is 5.68. The lowest BCUT2D eigenvalue weighted by Crippen LogP contribution is -2.48. The van der Waals surface area contributed by atoms with Gasteiger partial charge in [0, 0.05) is 6.20 Å². The number of nitrogen functional groups attached to an aromatic ring is 1. The lowest BCUT2D eigenvalue weighted by molar-refractivity contribution is -0.132. The van der Waals surface area contributed by atoms with Crippen molar-refractivity contribution in [3.8, 4) is 0 Å². The largest absolute Gasteiger partial charge is 0.384 e. The van der Waals surface area contributed by atoms with E-state index in [9.17, 15) is 9.59 Å². The van der Waals surface area contributed by atoms with E-state index >= 15 is 0 Å². The van der Waals surface area contributed by atoms with Gasteiger partial charge in [0.1, 0.15) is 11.4 Å². The first-order valence-corrected chi connectivity index (χ1v) is 6.95. The molecule has 0 aromatic carbocycles. The topological polar surface area (TPSA) is 88.3 Å². The highest BCUT2D eigenvalue weighted by Gasteiger charge is 2.51. The SMILES string of the molecule is Nc1ccc(CN2C(=O)NC3(CCCCC3)C2=O)cn1. The molecule has 2 heterocycles. The molecule has 2 fully saturated rings. The average Bonchev–Trinajstić information content (AvgIpc) is 2.67. The number of aromatic nitrogens is 1. The molecule has 1 aromatic rings. The molecule has 1 spiro atoms. The Morgan fingerprint density at radius 1 is 1.25 bits per heavy atom. The number of nitrogens with one attached hydrogen (secondary N) is 1. The molecule has 1 aliphatic carbocycles. The van der Waals surface area contributed by atoms with Crippen molar-refractivity contribution >= 4 is 17.8 Å². The van der Waals surface area contributed by atoms with E-state index in [-0.39, 0.29) is 18.5 Å². The molecule has 3 amide bonds. The first kappa shape index (κ1) is 12.9. The normalized spacial score (nSPS) is 21.3. The third-order valence-electron chi connectivity index (χ3n) is 4.14. The van der Waals surface area contributed by atoms with Crippen LogP contribution in [0.2, 0.25) is 0 Å². The zero-order chi connectivity index (χ0) is 14.2. The van der Waals surface area contributed by atoms with Crippen LogP contribution in [0.4, 0.5) is 10.6 Å². The minimum atomic E-state index is -0.656. The van der Waals surface area contributed by atoms with Gasteiger partial charge in [-0.3, -0.25) is 9.69 Å². The van der Waals surface area contributed by atoms with Crippen LogP contribution in [0.25, 0.3) is 0 Å². The van der Waals surface area contributed by atoms with Gasteiger partial charge >= 0.3 is 6.03 Å². The molecular formula is C14H18N4O2. The lowest BCUT2D eigenvalue weighted by Gasteiger charge is -2.30. The molecule has 0 radical (unpaired) electrons. The number of anilines is 1. The maximum Gasteiger partial charge on any atom is 0.325 e. The molecule has 1 saturated carbocycles. The number of carbonyl (C=O) groups excluding carboxylic acids is 2. The molecule has 1 aromatic heterocycles. The van der Waals surface area contributed by atoms with E-state index in [1.54, 1.807) is 18.3 Å². The van der Waals surface area contributed by atoms with Gasteiger partial charge in [-0.1, -0.05) is 25.3 Å². The van der Waals surface area contributed by atoms with Crippen molar-refractivity contribution in [2.24, 2.45) is 0 Å². The van der Waals surface area contributed by atoms with Crippen LogP contribution in [-0.4, -0.2) is 27.4 Å². The summed E-state index contributed by atoms with van der Waals surface area (Å²) in [6.45, 7) is 0.250. The van der Waals surface area contributed by atoms with E-state index in [1.165, 1.54) is 4.90 Å². The number of nitrogens with zero attached hydrogens (tertiary/aromatic N) is 2.